The van der Waals surface area contributed by atoms with Crippen LogP contribution in [0.25, 0.3) is 11.0 Å². The number of fused-ring (bicyclic) bond motifs is 1. The molecule has 1 aromatic heterocycles. The molecule has 0 fully saturated rings. The van der Waals surface area contributed by atoms with Gasteiger partial charge in [0.1, 0.15) is 17.2 Å². The van der Waals surface area contributed by atoms with E-state index in [9.17, 15) is 8.78 Å². The summed E-state index contributed by atoms with van der Waals surface area (Å²) in [7, 11) is 0. The number of hydrogen-bond donors (Lipinski definition) is 0. The molecule has 0 atom stereocenters. The van der Waals surface area contributed by atoms with Crippen molar-refractivity contribution >= 4 is 22.6 Å². The van der Waals surface area contributed by atoms with Gasteiger partial charge in [-0.25, -0.2) is 13.8 Å². The molecule has 0 N–H and O–H groups in total. The van der Waals surface area contributed by atoms with Crippen LogP contribution in [0, 0.1) is 11.6 Å². The topological polar surface area (TPSA) is 17.8 Å². The van der Waals surface area contributed by atoms with E-state index in [1.807, 2.05) is 4.57 Å². The number of imidazole rings is 1. The molecule has 1 heterocycles. The largest absolute Gasteiger partial charge is 0.322 e. The highest BCUT2D eigenvalue weighted by atomic mass is 35.5. The van der Waals surface area contributed by atoms with Crippen LogP contribution in [0.1, 0.15) is 39.4 Å². The van der Waals surface area contributed by atoms with E-state index in [0.29, 0.717) is 23.6 Å². The molecule has 0 aliphatic carbocycles. The van der Waals surface area contributed by atoms with E-state index in [-0.39, 0.29) is 11.1 Å². The third kappa shape index (κ3) is 2.41. The van der Waals surface area contributed by atoms with Crippen molar-refractivity contribution in [2.24, 2.45) is 0 Å². The number of halogens is 3. The molecule has 0 aliphatic heterocycles. The molecular weight excluding hydrogens is 282 g/mol. The summed E-state index contributed by atoms with van der Waals surface area (Å²) in [5, 5.41) is 0. The molecule has 2 aromatic rings. The Bertz CT molecular complexity index is 618. The third-order valence-corrected chi connectivity index (χ3v) is 4.32. The van der Waals surface area contributed by atoms with Gasteiger partial charge in [-0.05, 0) is 25.8 Å². The van der Waals surface area contributed by atoms with Crippen molar-refractivity contribution in [1.82, 2.24) is 9.55 Å². The molecule has 0 spiro atoms. The molecule has 0 unspecified atom stereocenters. The van der Waals surface area contributed by atoms with Crippen molar-refractivity contribution in [3.8, 4) is 0 Å². The minimum atomic E-state index is -0.621. The van der Waals surface area contributed by atoms with E-state index < -0.39 is 11.6 Å². The highest BCUT2D eigenvalue weighted by Crippen LogP contribution is 2.32. The van der Waals surface area contributed by atoms with Crippen LogP contribution in [0.3, 0.4) is 0 Å². The number of nitrogens with zero attached hydrogens (tertiary/aromatic N) is 2. The van der Waals surface area contributed by atoms with Crippen LogP contribution in [-0.4, -0.2) is 15.4 Å². The molecule has 2 rings (SSSR count). The average Bonchev–Trinajstić information content (AvgIpc) is 2.77. The summed E-state index contributed by atoms with van der Waals surface area (Å²) in [4.78, 5) is 4.34. The second kappa shape index (κ2) is 5.68. The predicted molar refractivity (Wildman–Crippen MR) is 78.3 cm³/mol. The van der Waals surface area contributed by atoms with Gasteiger partial charge in [0.2, 0.25) is 0 Å². The predicted octanol–water partition coefficient (Wildman–Crippen LogP) is 4.63. The number of alkyl halides is 1. The number of benzene rings is 1. The first-order chi connectivity index (χ1) is 9.46. The number of aryl methyl sites for hydroxylation is 1. The Labute approximate surface area is 122 Å². The molecule has 1 aromatic carbocycles. The molecule has 110 valence electrons. The van der Waals surface area contributed by atoms with Crippen LogP contribution in [0.15, 0.2) is 12.1 Å². The van der Waals surface area contributed by atoms with Crippen molar-refractivity contribution in [2.45, 2.75) is 45.6 Å². The summed E-state index contributed by atoms with van der Waals surface area (Å²) in [6.45, 7) is 6.21. The zero-order chi connectivity index (χ0) is 14.9. The summed E-state index contributed by atoms with van der Waals surface area (Å²) < 4.78 is 29.4. The van der Waals surface area contributed by atoms with E-state index in [0.717, 1.165) is 18.9 Å². The first-order valence-corrected chi connectivity index (χ1v) is 7.43. The molecule has 5 heteroatoms. The molecular formula is C15H19ClF2N2. The number of hydrogen-bond acceptors (Lipinski definition) is 1. The Kier molecular flexibility index (Phi) is 4.33. The lowest BCUT2D eigenvalue weighted by molar-refractivity contribution is 0.294. The standard InChI is InChI=1S/C15H19ClF2N2/c1-4-15(3,5-2)20-12-9-10(17)8-11(18)14(12)19-13(20)6-7-16/h8-9H,4-7H2,1-3H3. The quantitative estimate of drug-likeness (QED) is 0.736. The van der Waals surface area contributed by atoms with Crippen LogP contribution in [0.2, 0.25) is 0 Å². The Morgan fingerprint density at radius 1 is 1.25 bits per heavy atom. The molecule has 0 bridgehead atoms. The maximum absolute atomic E-state index is 13.9. The van der Waals surface area contributed by atoms with Crippen LogP contribution < -0.4 is 0 Å². The van der Waals surface area contributed by atoms with E-state index in [4.69, 9.17) is 11.6 Å². The summed E-state index contributed by atoms with van der Waals surface area (Å²) >= 11 is 5.82. The maximum Gasteiger partial charge on any atom is 0.153 e. The van der Waals surface area contributed by atoms with Crippen molar-refractivity contribution in [3.63, 3.8) is 0 Å². The maximum atomic E-state index is 13.9. The normalized spacial score (nSPS) is 12.3. The van der Waals surface area contributed by atoms with Crippen LogP contribution in [-0.2, 0) is 12.0 Å². The molecule has 2 nitrogen and oxygen atoms in total. The zero-order valence-electron chi connectivity index (χ0n) is 12.0. The Morgan fingerprint density at radius 3 is 2.45 bits per heavy atom. The lowest BCUT2D eigenvalue weighted by Crippen LogP contribution is -2.30. The van der Waals surface area contributed by atoms with Gasteiger partial charge in [0.25, 0.3) is 0 Å². The highest BCUT2D eigenvalue weighted by Gasteiger charge is 2.28. The zero-order valence-corrected chi connectivity index (χ0v) is 12.8. The van der Waals surface area contributed by atoms with Gasteiger partial charge in [-0.2, -0.15) is 0 Å². The Morgan fingerprint density at radius 2 is 1.90 bits per heavy atom. The van der Waals surface area contributed by atoms with Crippen molar-refractivity contribution in [2.75, 3.05) is 5.88 Å². The van der Waals surface area contributed by atoms with Gasteiger partial charge in [0.05, 0.1) is 5.52 Å². The Hall–Kier alpha value is -1.16. The third-order valence-electron chi connectivity index (χ3n) is 4.13. The first kappa shape index (κ1) is 15.2. The van der Waals surface area contributed by atoms with Crippen molar-refractivity contribution in [1.29, 1.82) is 0 Å². The molecule has 0 amide bonds. The van der Waals surface area contributed by atoms with E-state index in [1.54, 1.807) is 0 Å². The SMILES string of the molecule is CCC(C)(CC)n1c(CCCl)nc2c(F)cc(F)cc21. The van der Waals surface area contributed by atoms with Crippen LogP contribution in [0.5, 0.6) is 0 Å². The lowest BCUT2D eigenvalue weighted by atomic mass is 9.94. The molecule has 0 saturated carbocycles. The van der Waals surface area contributed by atoms with Crippen LogP contribution >= 0.6 is 11.6 Å². The summed E-state index contributed by atoms with van der Waals surface area (Å²) in [5.74, 6) is -0.0883. The van der Waals surface area contributed by atoms with Crippen molar-refractivity contribution < 1.29 is 8.78 Å². The monoisotopic (exact) mass is 300 g/mol. The van der Waals surface area contributed by atoms with E-state index >= 15 is 0 Å². The fourth-order valence-electron chi connectivity index (χ4n) is 2.57. The number of aromatic nitrogens is 2. The second-order valence-corrected chi connectivity index (χ2v) is 5.64. The summed E-state index contributed by atoms with van der Waals surface area (Å²) in [6.07, 6.45) is 2.23. The van der Waals surface area contributed by atoms with Gasteiger partial charge >= 0.3 is 0 Å². The summed E-state index contributed by atoms with van der Waals surface area (Å²) in [5.41, 5.74) is 0.504. The fraction of sp³-hybridized carbons (Fsp3) is 0.533. The average molecular weight is 301 g/mol. The molecule has 0 radical (unpaired) electrons. The Balaban J connectivity index is 2.80. The van der Waals surface area contributed by atoms with Gasteiger partial charge in [0, 0.05) is 23.9 Å². The minimum absolute atomic E-state index is 0.222. The second-order valence-electron chi connectivity index (χ2n) is 5.26. The minimum Gasteiger partial charge on any atom is -0.322 e. The summed E-state index contributed by atoms with van der Waals surface area (Å²) in [6, 6.07) is 2.23. The van der Waals surface area contributed by atoms with E-state index in [1.165, 1.54) is 6.07 Å². The number of rotatable bonds is 5. The molecule has 20 heavy (non-hydrogen) atoms. The van der Waals surface area contributed by atoms with Gasteiger partial charge < -0.3 is 4.57 Å². The van der Waals surface area contributed by atoms with Crippen LogP contribution in [0.4, 0.5) is 8.78 Å². The molecule has 0 aliphatic rings. The highest BCUT2D eigenvalue weighted by molar-refractivity contribution is 6.17. The first-order valence-electron chi connectivity index (χ1n) is 6.89. The fourth-order valence-corrected chi connectivity index (χ4v) is 2.74. The van der Waals surface area contributed by atoms with Gasteiger partial charge in [-0.15, -0.1) is 11.6 Å². The van der Waals surface area contributed by atoms with Crippen molar-refractivity contribution in [3.05, 3.63) is 29.6 Å². The smallest absolute Gasteiger partial charge is 0.153 e. The van der Waals surface area contributed by atoms with Gasteiger partial charge in [-0.1, -0.05) is 13.8 Å². The van der Waals surface area contributed by atoms with Gasteiger partial charge in [0.15, 0.2) is 5.82 Å². The molecule has 0 saturated heterocycles. The lowest BCUT2D eigenvalue weighted by Gasteiger charge is -2.31. The van der Waals surface area contributed by atoms with Gasteiger partial charge in [-0.3, -0.25) is 0 Å². The van der Waals surface area contributed by atoms with E-state index in [2.05, 4.69) is 25.8 Å².